The molecule has 3 heteroatoms. The zero-order chi connectivity index (χ0) is 15.3. The average Bonchev–Trinajstić information content (AvgIpc) is 2.37. The molecular weight excluding hydrogens is 248 g/mol. The Balaban J connectivity index is 2.58. The molecule has 112 valence electrons. The quantitative estimate of drug-likeness (QED) is 0.806. The molecular formula is C17H28N2O. The summed E-state index contributed by atoms with van der Waals surface area (Å²) in [6, 6.07) is 8.08. The number of rotatable bonds is 6. The van der Waals surface area contributed by atoms with Gasteiger partial charge in [0.25, 0.3) is 0 Å². The van der Waals surface area contributed by atoms with Gasteiger partial charge in [-0.15, -0.1) is 0 Å². The minimum Gasteiger partial charge on any atom is -0.399 e. The molecule has 0 radical (unpaired) electrons. The molecule has 2 N–H and O–H groups in total. The molecule has 3 nitrogen and oxygen atoms in total. The molecule has 2 atom stereocenters. The maximum Gasteiger partial charge on any atom is 0.223 e. The van der Waals surface area contributed by atoms with Crippen LogP contribution in [0, 0.1) is 5.92 Å². The lowest BCUT2D eigenvalue weighted by Crippen LogP contribution is -2.36. The van der Waals surface area contributed by atoms with E-state index in [1.165, 1.54) is 0 Å². The first kappa shape index (κ1) is 16.5. The van der Waals surface area contributed by atoms with Crippen molar-refractivity contribution in [1.82, 2.24) is 4.90 Å². The summed E-state index contributed by atoms with van der Waals surface area (Å²) in [5.74, 6) is 1.04. The molecule has 0 saturated carbocycles. The normalized spacial score (nSPS) is 14.1. The third-order valence-electron chi connectivity index (χ3n) is 3.85. The third kappa shape index (κ3) is 4.87. The van der Waals surface area contributed by atoms with Gasteiger partial charge in [0.05, 0.1) is 0 Å². The number of hydrogen-bond donors (Lipinski definition) is 1. The Bertz CT molecular complexity index is 425. The third-order valence-corrected chi connectivity index (χ3v) is 3.85. The van der Waals surface area contributed by atoms with Gasteiger partial charge in [-0.05, 0) is 42.9 Å². The van der Waals surface area contributed by atoms with Gasteiger partial charge in [0, 0.05) is 25.2 Å². The maximum atomic E-state index is 12.3. The minimum atomic E-state index is 0.211. The standard InChI is InChI=1S/C17H28N2O/c1-12(2)10-14(4)19(5)17(20)11-13(3)15-6-8-16(18)9-7-15/h6-9,12-14H,10-11,18H2,1-5H3. The second-order valence-electron chi connectivity index (χ2n) is 6.26. The SMILES string of the molecule is CC(C)CC(C)N(C)C(=O)CC(C)c1ccc(N)cc1. The van der Waals surface area contributed by atoms with Gasteiger partial charge in [0.1, 0.15) is 0 Å². The number of amides is 1. The number of carbonyl (C=O) groups excluding carboxylic acids is 1. The van der Waals surface area contributed by atoms with Crippen LogP contribution in [-0.2, 0) is 4.79 Å². The highest BCUT2D eigenvalue weighted by Crippen LogP contribution is 2.22. The van der Waals surface area contributed by atoms with Crippen LogP contribution in [0.5, 0.6) is 0 Å². The molecule has 0 aliphatic heterocycles. The molecule has 1 aromatic rings. The van der Waals surface area contributed by atoms with Gasteiger partial charge in [-0.25, -0.2) is 0 Å². The van der Waals surface area contributed by atoms with Crippen LogP contribution in [-0.4, -0.2) is 23.9 Å². The molecule has 0 aliphatic carbocycles. The molecule has 1 rings (SSSR count). The minimum absolute atomic E-state index is 0.211. The van der Waals surface area contributed by atoms with Crippen LogP contribution < -0.4 is 5.73 Å². The van der Waals surface area contributed by atoms with Crippen LogP contribution in [0.15, 0.2) is 24.3 Å². The number of anilines is 1. The number of carbonyl (C=O) groups is 1. The molecule has 0 spiro atoms. The molecule has 20 heavy (non-hydrogen) atoms. The van der Waals surface area contributed by atoms with Crippen molar-refractivity contribution in [2.45, 2.75) is 52.5 Å². The first-order chi connectivity index (χ1) is 9.31. The maximum absolute atomic E-state index is 12.3. The van der Waals surface area contributed by atoms with Gasteiger partial charge in [0.15, 0.2) is 0 Å². The molecule has 0 aliphatic rings. The number of nitrogens with two attached hydrogens (primary N) is 1. The smallest absolute Gasteiger partial charge is 0.223 e. The van der Waals surface area contributed by atoms with Crippen molar-refractivity contribution in [2.24, 2.45) is 5.92 Å². The van der Waals surface area contributed by atoms with Crippen molar-refractivity contribution in [1.29, 1.82) is 0 Å². The molecule has 2 unspecified atom stereocenters. The van der Waals surface area contributed by atoms with Crippen LogP contribution >= 0.6 is 0 Å². The van der Waals surface area contributed by atoms with Gasteiger partial charge in [-0.2, -0.15) is 0 Å². The van der Waals surface area contributed by atoms with Crippen molar-refractivity contribution < 1.29 is 4.79 Å². The average molecular weight is 276 g/mol. The number of benzene rings is 1. The van der Waals surface area contributed by atoms with E-state index in [9.17, 15) is 4.79 Å². The van der Waals surface area contributed by atoms with Gasteiger partial charge < -0.3 is 10.6 Å². The van der Waals surface area contributed by atoms with Crippen LogP contribution in [0.4, 0.5) is 5.69 Å². The van der Waals surface area contributed by atoms with Crippen LogP contribution in [0.3, 0.4) is 0 Å². The molecule has 0 bridgehead atoms. The van der Waals surface area contributed by atoms with E-state index in [-0.39, 0.29) is 11.8 Å². The lowest BCUT2D eigenvalue weighted by molar-refractivity contribution is -0.132. The highest BCUT2D eigenvalue weighted by Gasteiger charge is 2.19. The Labute approximate surface area is 123 Å². The summed E-state index contributed by atoms with van der Waals surface area (Å²) in [6.07, 6.45) is 1.58. The van der Waals surface area contributed by atoms with Crippen molar-refractivity contribution >= 4 is 11.6 Å². The van der Waals surface area contributed by atoms with Gasteiger partial charge >= 0.3 is 0 Å². The number of nitrogen functional groups attached to an aromatic ring is 1. The Morgan fingerprint density at radius 2 is 1.70 bits per heavy atom. The van der Waals surface area contributed by atoms with Gasteiger partial charge in [0.2, 0.25) is 5.91 Å². The Kier molecular flexibility index (Phi) is 6.05. The van der Waals surface area contributed by atoms with Gasteiger partial charge in [-0.3, -0.25) is 4.79 Å². The molecule has 1 amide bonds. The van der Waals surface area contributed by atoms with Crippen LogP contribution in [0.1, 0.15) is 52.0 Å². The summed E-state index contributed by atoms with van der Waals surface area (Å²) in [7, 11) is 1.91. The van der Waals surface area contributed by atoms with Crippen LogP contribution in [0.25, 0.3) is 0 Å². The molecule has 1 aromatic carbocycles. The van der Waals surface area contributed by atoms with E-state index in [1.807, 2.05) is 36.2 Å². The second-order valence-corrected chi connectivity index (χ2v) is 6.26. The fraction of sp³-hybridized carbons (Fsp3) is 0.588. The zero-order valence-corrected chi connectivity index (χ0v) is 13.4. The van der Waals surface area contributed by atoms with Gasteiger partial charge in [-0.1, -0.05) is 32.9 Å². The first-order valence-electron chi connectivity index (χ1n) is 7.42. The number of hydrogen-bond acceptors (Lipinski definition) is 2. The summed E-state index contributed by atoms with van der Waals surface area (Å²) in [6.45, 7) is 8.58. The highest BCUT2D eigenvalue weighted by molar-refractivity contribution is 5.77. The van der Waals surface area contributed by atoms with Crippen molar-refractivity contribution in [3.05, 3.63) is 29.8 Å². The first-order valence-corrected chi connectivity index (χ1v) is 7.42. The summed E-state index contributed by atoms with van der Waals surface area (Å²) < 4.78 is 0. The van der Waals surface area contributed by atoms with E-state index in [1.54, 1.807) is 0 Å². The highest BCUT2D eigenvalue weighted by atomic mass is 16.2. The summed E-state index contributed by atoms with van der Waals surface area (Å²) in [5.41, 5.74) is 7.61. The lowest BCUT2D eigenvalue weighted by Gasteiger charge is -2.27. The molecule has 0 heterocycles. The van der Waals surface area contributed by atoms with Crippen LogP contribution in [0.2, 0.25) is 0 Å². The van der Waals surface area contributed by atoms with Crippen molar-refractivity contribution in [2.75, 3.05) is 12.8 Å². The fourth-order valence-electron chi connectivity index (χ4n) is 2.43. The summed E-state index contributed by atoms with van der Waals surface area (Å²) in [5, 5.41) is 0. The van der Waals surface area contributed by atoms with E-state index in [0.29, 0.717) is 18.4 Å². The predicted octanol–water partition coefficient (Wildman–Crippen LogP) is 3.66. The molecule has 0 fully saturated rings. The fourth-order valence-corrected chi connectivity index (χ4v) is 2.43. The zero-order valence-electron chi connectivity index (χ0n) is 13.4. The monoisotopic (exact) mass is 276 g/mol. The van der Waals surface area contributed by atoms with E-state index >= 15 is 0 Å². The summed E-state index contributed by atoms with van der Waals surface area (Å²) >= 11 is 0. The Morgan fingerprint density at radius 1 is 1.15 bits per heavy atom. The largest absolute Gasteiger partial charge is 0.399 e. The Hall–Kier alpha value is -1.51. The van der Waals surface area contributed by atoms with E-state index in [2.05, 4.69) is 27.7 Å². The topological polar surface area (TPSA) is 46.3 Å². The van der Waals surface area contributed by atoms with Crippen molar-refractivity contribution in [3.8, 4) is 0 Å². The molecule has 0 aromatic heterocycles. The van der Waals surface area contributed by atoms with E-state index < -0.39 is 0 Å². The van der Waals surface area contributed by atoms with Crippen molar-refractivity contribution in [3.63, 3.8) is 0 Å². The van der Waals surface area contributed by atoms with E-state index in [0.717, 1.165) is 17.7 Å². The second kappa shape index (κ2) is 7.32. The molecule has 0 saturated heterocycles. The number of nitrogens with zero attached hydrogens (tertiary/aromatic N) is 1. The predicted molar refractivity (Wildman–Crippen MR) is 85.6 cm³/mol. The Morgan fingerprint density at radius 3 is 2.20 bits per heavy atom. The van der Waals surface area contributed by atoms with E-state index in [4.69, 9.17) is 5.73 Å². The lowest BCUT2D eigenvalue weighted by atomic mass is 9.96. The summed E-state index contributed by atoms with van der Waals surface area (Å²) in [4.78, 5) is 14.2.